The zero-order valence-corrected chi connectivity index (χ0v) is 22.8. The van der Waals surface area contributed by atoms with E-state index in [1.807, 2.05) is 6.92 Å². The molecule has 0 aromatic rings. The van der Waals surface area contributed by atoms with Gasteiger partial charge in [-0.15, -0.1) is 0 Å². The van der Waals surface area contributed by atoms with Crippen LogP contribution >= 0.6 is 0 Å². The summed E-state index contributed by atoms with van der Waals surface area (Å²) < 4.78 is 260. The van der Waals surface area contributed by atoms with Crippen molar-refractivity contribution < 1.29 is 107 Å². The smallest absolute Gasteiger partial charge is 0.460 e. The zero-order valence-electron chi connectivity index (χ0n) is 22.8. The SMILES string of the molecule is C=C(C)C(=O)OC.C=CC(=O)OCCCC.FC(F)=C(F)C(F)(F)C(F)(F)C(F)(F)C(F)(F)C(F)(F)C(F)(F)C(F)(F)C(F)(F)F. The number of alkyl halides is 17. The largest absolute Gasteiger partial charge is 0.466 e. The second-order valence-electron chi connectivity index (χ2n) is 8.09. The highest BCUT2D eigenvalue weighted by molar-refractivity contribution is 5.86. The molecule has 0 fully saturated rings. The fourth-order valence-electron chi connectivity index (χ4n) is 1.97. The molecule has 272 valence electrons. The number of carbonyl (C=O) groups is 2. The van der Waals surface area contributed by atoms with Crippen molar-refractivity contribution in [3.63, 3.8) is 0 Å². The monoisotopic (exact) mass is 728 g/mol. The van der Waals surface area contributed by atoms with Crippen molar-refractivity contribution >= 4 is 11.9 Å². The van der Waals surface area contributed by atoms with Crippen molar-refractivity contribution in [2.45, 2.75) is 74.3 Å². The second kappa shape index (κ2) is 16.0. The molecule has 0 radical (unpaired) electrons. The van der Waals surface area contributed by atoms with Crippen LogP contribution in [0.5, 0.6) is 0 Å². The van der Waals surface area contributed by atoms with Crippen LogP contribution in [0, 0.1) is 0 Å². The standard InChI is InChI=1S/C10F20.C7H12O2.C5H8O2/c11-1(2(12)13)3(14,15)4(16,17)5(18,19)6(20,21)7(22,23)8(24,25)9(26,27)10(28,29)30;1-3-5-6-9-7(8)4-2;1-4(2)5(6)7-3/h;4H,2-3,5-6H2,1H3;1H2,2-3H3. The molecule has 0 N–H and O–H groups in total. The predicted octanol–water partition coefficient (Wildman–Crippen LogP) is 9.32. The van der Waals surface area contributed by atoms with Gasteiger partial charge in [-0.1, -0.05) is 26.5 Å². The Morgan fingerprint density at radius 1 is 0.674 bits per heavy atom. The van der Waals surface area contributed by atoms with Gasteiger partial charge >= 0.3 is 65.7 Å². The van der Waals surface area contributed by atoms with Crippen LogP contribution in [0.25, 0.3) is 0 Å². The molecule has 0 saturated heterocycles. The molecule has 0 heterocycles. The van der Waals surface area contributed by atoms with Crippen LogP contribution in [0.15, 0.2) is 36.7 Å². The maximum atomic E-state index is 13.1. The lowest BCUT2D eigenvalue weighted by Crippen LogP contribution is -2.74. The van der Waals surface area contributed by atoms with E-state index in [-0.39, 0.29) is 11.9 Å². The number of hydrogen-bond donors (Lipinski definition) is 0. The van der Waals surface area contributed by atoms with Gasteiger partial charge in [0, 0.05) is 11.6 Å². The van der Waals surface area contributed by atoms with E-state index in [0.717, 1.165) is 12.8 Å². The third-order valence-corrected chi connectivity index (χ3v) is 4.61. The number of esters is 2. The Kier molecular flexibility index (Phi) is 16.5. The Hall–Kier alpha value is -3.24. The molecule has 0 unspecified atom stereocenters. The molecule has 0 aliphatic carbocycles. The summed E-state index contributed by atoms with van der Waals surface area (Å²) in [7, 11) is 1.33. The van der Waals surface area contributed by atoms with Crippen molar-refractivity contribution in [3.05, 3.63) is 36.7 Å². The number of methoxy groups -OCH3 is 1. The molecule has 24 heteroatoms. The van der Waals surface area contributed by atoms with E-state index in [4.69, 9.17) is 0 Å². The van der Waals surface area contributed by atoms with E-state index < -0.39 is 59.5 Å². The first kappa shape index (κ1) is 47.2. The number of carbonyl (C=O) groups excluding carboxylic acids is 2. The normalized spacial score (nSPS) is 13.3. The van der Waals surface area contributed by atoms with Crippen LogP contribution in [0.4, 0.5) is 87.8 Å². The quantitative estimate of drug-likeness (QED) is 0.0871. The molecule has 0 rings (SSSR count). The highest BCUT2D eigenvalue weighted by Gasteiger charge is 2.95. The maximum Gasteiger partial charge on any atom is 0.460 e. The highest BCUT2D eigenvalue weighted by atomic mass is 19.4. The Morgan fingerprint density at radius 2 is 1.02 bits per heavy atom. The summed E-state index contributed by atoms with van der Waals surface area (Å²) >= 11 is 0. The molecular formula is C22H20F20O4. The summed E-state index contributed by atoms with van der Waals surface area (Å²) in [6, 6.07) is 0. The zero-order chi connectivity index (χ0) is 38.1. The van der Waals surface area contributed by atoms with Gasteiger partial charge in [-0.3, -0.25) is 0 Å². The van der Waals surface area contributed by atoms with E-state index in [2.05, 4.69) is 22.6 Å². The molecule has 4 nitrogen and oxygen atoms in total. The van der Waals surface area contributed by atoms with Gasteiger partial charge in [0.25, 0.3) is 0 Å². The maximum absolute atomic E-state index is 13.1. The Balaban J connectivity index is -0.000000939. The van der Waals surface area contributed by atoms with Gasteiger partial charge in [0.05, 0.1) is 13.7 Å². The Labute approximate surface area is 244 Å². The predicted molar refractivity (Wildman–Crippen MR) is 114 cm³/mol. The minimum absolute atomic E-state index is 0.330. The van der Waals surface area contributed by atoms with Crippen molar-refractivity contribution in [2.75, 3.05) is 13.7 Å². The third kappa shape index (κ3) is 9.41. The van der Waals surface area contributed by atoms with Crippen molar-refractivity contribution in [1.29, 1.82) is 0 Å². The number of hydrogen-bond acceptors (Lipinski definition) is 4. The number of allylic oxidation sites excluding steroid dienone is 1. The van der Waals surface area contributed by atoms with Crippen LogP contribution in [0.3, 0.4) is 0 Å². The van der Waals surface area contributed by atoms with Gasteiger partial charge < -0.3 is 9.47 Å². The number of rotatable bonds is 12. The van der Waals surface area contributed by atoms with Crippen LogP contribution in [0.2, 0.25) is 0 Å². The van der Waals surface area contributed by atoms with Crippen LogP contribution < -0.4 is 0 Å². The van der Waals surface area contributed by atoms with Crippen LogP contribution in [-0.2, 0) is 19.1 Å². The molecule has 0 amide bonds. The van der Waals surface area contributed by atoms with Gasteiger partial charge in [0.2, 0.25) is 5.83 Å². The van der Waals surface area contributed by atoms with E-state index >= 15 is 0 Å². The first-order chi connectivity index (χ1) is 20.1. The summed E-state index contributed by atoms with van der Waals surface area (Å²) in [4.78, 5) is 20.5. The fourth-order valence-corrected chi connectivity index (χ4v) is 1.97. The van der Waals surface area contributed by atoms with E-state index in [9.17, 15) is 97.4 Å². The molecule has 0 aliphatic heterocycles. The molecule has 0 aliphatic rings. The highest BCUT2D eigenvalue weighted by Crippen LogP contribution is 2.64. The molecular weight excluding hydrogens is 708 g/mol. The van der Waals surface area contributed by atoms with Gasteiger partial charge in [-0.2, -0.15) is 87.8 Å². The fraction of sp³-hybridized carbons (Fsp3) is 0.636. The van der Waals surface area contributed by atoms with Gasteiger partial charge in [0.15, 0.2) is 0 Å². The first-order valence-electron chi connectivity index (χ1n) is 11.1. The Morgan fingerprint density at radius 3 is 1.26 bits per heavy atom. The lowest BCUT2D eigenvalue weighted by molar-refractivity contribution is -0.460. The third-order valence-electron chi connectivity index (χ3n) is 4.61. The minimum atomic E-state index is -8.95. The molecule has 0 aromatic carbocycles. The summed E-state index contributed by atoms with van der Waals surface area (Å²) in [6.07, 6.45) is -9.39. The number of unbranched alkanes of at least 4 members (excludes halogenated alkanes) is 1. The molecule has 0 aromatic heterocycles. The van der Waals surface area contributed by atoms with Gasteiger partial charge in [0.1, 0.15) is 0 Å². The molecule has 0 atom stereocenters. The summed E-state index contributed by atoms with van der Waals surface area (Å²) in [5, 5.41) is 0. The summed E-state index contributed by atoms with van der Waals surface area (Å²) in [5.74, 6) is -65.8. The van der Waals surface area contributed by atoms with E-state index in [0.29, 0.717) is 12.2 Å². The van der Waals surface area contributed by atoms with Crippen molar-refractivity contribution in [2.24, 2.45) is 0 Å². The number of halogens is 20. The van der Waals surface area contributed by atoms with E-state index in [1.165, 1.54) is 13.2 Å². The molecule has 46 heavy (non-hydrogen) atoms. The molecule has 0 bridgehead atoms. The summed E-state index contributed by atoms with van der Waals surface area (Å²) in [5.41, 5.74) is 0.433. The van der Waals surface area contributed by atoms with Crippen molar-refractivity contribution in [3.8, 4) is 0 Å². The minimum Gasteiger partial charge on any atom is -0.466 e. The average Bonchev–Trinajstić information content (AvgIpc) is 2.91. The first-order valence-corrected chi connectivity index (χ1v) is 11.1. The average molecular weight is 728 g/mol. The molecule has 0 saturated carbocycles. The van der Waals surface area contributed by atoms with Crippen LogP contribution in [-0.4, -0.2) is 73.3 Å². The van der Waals surface area contributed by atoms with Gasteiger partial charge in [-0.05, 0) is 13.3 Å². The lowest BCUT2D eigenvalue weighted by atomic mass is 9.89. The summed E-state index contributed by atoms with van der Waals surface area (Å²) in [6.45, 7) is 10.8. The van der Waals surface area contributed by atoms with Crippen LogP contribution in [0.1, 0.15) is 26.7 Å². The second-order valence-corrected chi connectivity index (χ2v) is 8.09. The molecule has 0 spiro atoms. The topological polar surface area (TPSA) is 52.6 Å². The van der Waals surface area contributed by atoms with Gasteiger partial charge in [-0.25, -0.2) is 9.59 Å². The van der Waals surface area contributed by atoms with Crippen molar-refractivity contribution in [1.82, 2.24) is 0 Å². The lowest BCUT2D eigenvalue weighted by Gasteiger charge is -2.42. The Bertz CT molecular complexity index is 1090. The number of ether oxygens (including phenoxy) is 2. The van der Waals surface area contributed by atoms with E-state index in [1.54, 1.807) is 6.92 Å².